The fourth-order valence-electron chi connectivity index (χ4n) is 1.28. The Hall–Kier alpha value is -1.98. The van der Waals surface area contributed by atoms with Crippen LogP contribution in [0.15, 0.2) is 12.3 Å². The number of primary amides is 1. The predicted molar refractivity (Wildman–Crippen MR) is 51.1 cm³/mol. The Morgan fingerprint density at radius 2 is 2.13 bits per heavy atom. The Kier molecular flexibility index (Phi) is 2.32. The molecular formula is C9H10N4O2. The molecule has 0 unspecified atom stereocenters. The molecular weight excluding hydrogens is 196 g/mol. The molecule has 1 fully saturated rings. The van der Waals surface area contributed by atoms with Gasteiger partial charge in [0, 0.05) is 19.3 Å². The molecule has 0 radical (unpaired) electrons. The molecule has 2 N–H and O–H groups in total. The van der Waals surface area contributed by atoms with Gasteiger partial charge in [0.05, 0.1) is 0 Å². The monoisotopic (exact) mass is 206 g/mol. The van der Waals surface area contributed by atoms with Gasteiger partial charge in [0.2, 0.25) is 5.82 Å². The van der Waals surface area contributed by atoms with Crippen LogP contribution in [-0.2, 0) is 0 Å². The van der Waals surface area contributed by atoms with Gasteiger partial charge in [0.1, 0.15) is 5.69 Å². The van der Waals surface area contributed by atoms with E-state index in [1.54, 1.807) is 4.90 Å². The maximum Gasteiger partial charge on any atom is 0.286 e. The lowest BCUT2D eigenvalue weighted by Crippen LogP contribution is -2.42. The highest BCUT2D eigenvalue weighted by Gasteiger charge is 2.23. The molecule has 15 heavy (non-hydrogen) atoms. The van der Waals surface area contributed by atoms with Gasteiger partial charge < -0.3 is 10.6 Å². The fourth-order valence-corrected chi connectivity index (χ4v) is 1.28. The zero-order chi connectivity index (χ0) is 10.8. The Morgan fingerprint density at radius 3 is 2.67 bits per heavy atom. The molecule has 0 bridgehead atoms. The second-order valence-electron chi connectivity index (χ2n) is 3.28. The fraction of sp³-hybridized carbons (Fsp3) is 0.333. The van der Waals surface area contributed by atoms with Crippen molar-refractivity contribution in [3.8, 4) is 0 Å². The molecule has 1 aromatic rings. The van der Waals surface area contributed by atoms with Gasteiger partial charge in [-0.3, -0.25) is 9.59 Å². The summed E-state index contributed by atoms with van der Waals surface area (Å²) >= 11 is 0. The first-order valence-electron chi connectivity index (χ1n) is 4.60. The molecule has 1 aliphatic rings. The Labute approximate surface area is 86.1 Å². The van der Waals surface area contributed by atoms with E-state index in [0.717, 1.165) is 19.5 Å². The summed E-state index contributed by atoms with van der Waals surface area (Å²) in [4.78, 5) is 31.6. The normalized spacial score (nSPS) is 14.5. The summed E-state index contributed by atoms with van der Waals surface area (Å²) in [5.41, 5.74) is 5.24. The third-order valence-electron chi connectivity index (χ3n) is 2.24. The second kappa shape index (κ2) is 3.64. The van der Waals surface area contributed by atoms with Gasteiger partial charge in [0.15, 0.2) is 0 Å². The lowest BCUT2D eigenvalue weighted by atomic mass is 10.2. The summed E-state index contributed by atoms with van der Waals surface area (Å²) < 4.78 is 0. The summed E-state index contributed by atoms with van der Waals surface area (Å²) in [5, 5.41) is 0. The third kappa shape index (κ3) is 1.78. The van der Waals surface area contributed by atoms with Gasteiger partial charge in [-0.15, -0.1) is 0 Å². The van der Waals surface area contributed by atoms with Crippen LogP contribution in [0.1, 0.15) is 27.5 Å². The van der Waals surface area contributed by atoms with Crippen molar-refractivity contribution < 1.29 is 9.59 Å². The van der Waals surface area contributed by atoms with E-state index in [0.29, 0.717) is 0 Å². The smallest absolute Gasteiger partial charge is 0.286 e. The third-order valence-corrected chi connectivity index (χ3v) is 2.24. The van der Waals surface area contributed by atoms with Gasteiger partial charge in [-0.2, -0.15) is 0 Å². The molecule has 2 heterocycles. The average molecular weight is 206 g/mol. The summed E-state index contributed by atoms with van der Waals surface area (Å²) in [7, 11) is 0. The van der Waals surface area contributed by atoms with E-state index < -0.39 is 5.91 Å². The summed E-state index contributed by atoms with van der Waals surface area (Å²) in [5.74, 6) is -1.03. The zero-order valence-corrected chi connectivity index (χ0v) is 8.01. The van der Waals surface area contributed by atoms with Crippen LogP contribution < -0.4 is 5.73 Å². The number of aromatic nitrogens is 2. The van der Waals surface area contributed by atoms with Gasteiger partial charge in [0.25, 0.3) is 11.8 Å². The van der Waals surface area contributed by atoms with Crippen LogP contribution in [-0.4, -0.2) is 39.8 Å². The summed E-state index contributed by atoms with van der Waals surface area (Å²) in [6.07, 6.45) is 2.37. The van der Waals surface area contributed by atoms with Crippen molar-refractivity contribution in [1.82, 2.24) is 14.9 Å². The largest absolute Gasteiger partial charge is 0.363 e. The first-order valence-corrected chi connectivity index (χ1v) is 4.60. The first-order chi connectivity index (χ1) is 7.18. The molecule has 1 aromatic heterocycles. The van der Waals surface area contributed by atoms with E-state index in [4.69, 9.17) is 5.73 Å². The quantitative estimate of drug-likeness (QED) is 0.701. The second-order valence-corrected chi connectivity index (χ2v) is 3.28. The van der Waals surface area contributed by atoms with E-state index >= 15 is 0 Å². The van der Waals surface area contributed by atoms with Crippen molar-refractivity contribution in [1.29, 1.82) is 0 Å². The topological polar surface area (TPSA) is 89.2 Å². The molecule has 0 aromatic carbocycles. The van der Waals surface area contributed by atoms with Crippen LogP contribution in [0, 0.1) is 0 Å². The number of carbonyl (C=O) groups is 2. The van der Waals surface area contributed by atoms with Crippen molar-refractivity contribution in [2.45, 2.75) is 6.42 Å². The number of carbonyl (C=O) groups excluding carboxylic acids is 2. The number of amides is 2. The predicted octanol–water partition coefficient (Wildman–Crippen LogP) is -0.579. The number of nitrogens with zero attached hydrogens (tertiary/aromatic N) is 3. The highest BCUT2D eigenvalue weighted by atomic mass is 16.2. The van der Waals surface area contributed by atoms with Gasteiger partial charge >= 0.3 is 0 Å². The van der Waals surface area contributed by atoms with Crippen molar-refractivity contribution in [2.75, 3.05) is 13.1 Å². The molecule has 0 saturated carbocycles. The lowest BCUT2D eigenvalue weighted by molar-refractivity contribution is 0.0645. The molecule has 2 amide bonds. The molecule has 0 aliphatic carbocycles. The molecule has 78 valence electrons. The van der Waals surface area contributed by atoms with Crippen molar-refractivity contribution in [3.05, 3.63) is 23.8 Å². The maximum absolute atomic E-state index is 11.7. The van der Waals surface area contributed by atoms with Crippen LogP contribution in [0.3, 0.4) is 0 Å². The minimum Gasteiger partial charge on any atom is -0.363 e. The Morgan fingerprint density at radius 1 is 1.40 bits per heavy atom. The molecule has 2 rings (SSSR count). The maximum atomic E-state index is 11.7. The number of hydrogen-bond donors (Lipinski definition) is 1. The first kappa shape index (κ1) is 9.57. The van der Waals surface area contributed by atoms with Crippen LogP contribution in [0.5, 0.6) is 0 Å². The average Bonchev–Trinajstić information content (AvgIpc) is 2.15. The standard InChI is InChI=1S/C9H10N4O2/c10-7(14)8-11-3-2-6(12-8)9(15)13-4-1-5-13/h2-3H,1,4-5H2,(H2,10,14). The van der Waals surface area contributed by atoms with Crippen LogP contribution in [0.25, 0.3) is 0 Å². The Balaban J connectivity index is 2.23. The molecule has 1 aliphatic heterocycles. The number of nitrogens with two attached hydrogens (primary N) is 1. The minimum atomic E-state index is -0.728. The molecule has 6 nitrogen and oxygen atoms in total. The van der Waals surface area contributed by atoms with Crippen molar-refractivity contribution >= 4 is 11.8 Å². The molecule has 6 heteroatoms. The van der Waals surface area contributed by atoms with Crippen LogP contribution >= 0.6 is 0 Å². The van der Waals surface area contributed by atoms with E-state index in [9.17, 15) is 9.59 Å². The van der Waals surface area contributed by atoms with Crippen LogP contribution in [0.2, 0.25) is 0 Å². The SMILES string of the molecule is NC(=O)c1nccc(C(=O)N2CCC2)n1. The van der Waals surface area contributed by atoms with Crippen molar-refractivity contribution in [3.63, 3.8) is 0 Å². The molecule has 0 atom stereocenters. The van der Waals surface area contributed by atoms with Crippen molar-refractivity contribution in [2.24, 2.45) is 5.73 Å². The van der Waals surface area contributed by atoms with Gasteiger partial charge in [-0.05, 0) is 12.5 Å². The van der Waals surface area contributed by atoms with E-state index in [1.807, 2.05) is 0 Å². The van der Waals surface area contributed by atoms with Crippen LogP contribution in [0.4, 0.5) is 0 Å². The molecule has 1 saturated heterocycles. The zero-order valence-electron chi connectivity index (χ0n) is 8.01. The van der Waals surface area contributed by atoms with E-state index in [2.05, 4.69) is 9.97 Å². The highest BCUT2D eigenvalue weighted by molar-refractivity contribution is 5.94. The minimum absolute atomic E-state index is 0.124. The highest BCUT2D eigenvalue weighted by Crippen LogP contribution is 2.10. The molecule has 0 spiro atoms. The number of rotatable bonds is 2. The van der Waals surface area contributed by atoms with E-state index in [-0.39, 0.29) is 17.4 Å². The van der Waals surface area contributed by atoms with E-state index in [1.165, 1.54) is 12.3 Å². The number of hydrogen-bond acceptors (Lipinski definition) is 4. The van der Waals surface area contributed by atoms with Gasteiger partial charge in [-0.1, -0.05) is 0 Å². The summed E-state index contributed by atoms with van der Waals surface area (Å²) in [6, 6.07) is 1.48. The number of likely N-dealkylation sites (tertiary alicyclic amines) is 1. The van der Waals surface area contributed by atoms with Gasteiger partial charge in [-0.25, -0.2) is 9.97 Å². The lowest BCUT2D eigenvalue weighted by Gasteiger charge is -2.30. The Bertz CT molecular complexity index is 414. The summed E-state index contributed by atoms with van der Waals surface area (Å²) in [6.45, 7) is 1.49.